The van der Waals surface area contributed by atoms with Crippen molar-refractivity contribution in [3.8, 4) is 5.75 Å². The van der Waals surface area contributed by atoms with Crippen molar-refractivity contribution in [3.05, 3.63) is 59.9 Å². The molecule has 1 amide bonds. The van der Waals surface area contributed by atoms with Gasteiger partial charge < -0.3 is 10.1 Å². The fourth-order valence-corrected chi connectivity index (χ4v) is 2.10. The van der Waals surface area contributed by atoms with Crippen LogP contribution >= 0.6 is 0 Å². The SMILES string of the molecule is CC[C@@H](NC(=O)c1ccncc1)c1ccccc1OC. The van der Waals surface area contributed by atoms with Crippen molar-refractivity contribution in [2.45, 2.75) is 19.4 Å². The summed E-state index contributed by atoms with van der Waals surface area (Å²) < 4.78 is 5.35. The van der Waals surface area contributed by atoms with Crippen molar-refractivity contribution in [1.29, 1.82) is 0 Å². The number of ether oxygens (including phenoxy) is 1. The molecule has 104 valence electrons. The summed E-state index contributed by atoms with van der Waals surface area (Å²) in [6.07, 6.45) is 4.01. The Hall–Kier alpha value is -2.36. The van der Waals surface area contributed by atoms with Crippen LogP contribution in [0.1, 0.15) is 35.3 Å². The van der Waals surface area contributed by atoms with Gasteiger partial charge in [-0.25, -0.2) is 0 Å². The van der Waals surface area contributed by atoms with E-state index in [9.17, 15) is 4.79 Å². The lowest BCUT2D eigenvalue weighted by Crippen LogP contribution is -2.28. The molecule has 1 heterocycles. The molecule has 0 radical (unpaired) electrons. The van der Waals surface area contributed by atoms with Crippen LogP contribution in [-0.4, -0.2) is 18.0 Å². The van der Waals surface area contributed by atoms with Crippen LogP contribution < -0.4 is 10.1 Å². The molecule has 0 unspecified atom stereocenters. The minimum atomic E-state index is -0.106. The molecule has 0 aliphatic heterocycles. The van der Waals surface area contributed by atoms with Gasteiger partial charge in [-0.2, -0.15) is 0 Å². The summed E-state index contributed by atoms with van der Waals surface area (Å²) >= 11 is 0. The van der Waals surface area contributed by atoms with E-state index < -0.39 is 0 Å². The van der Waals surface area contributed by atoms with Crippen molar-refractivity contribution in [2.75, 3.05) is 7.11 Å². The van der Waals surface area contributed by atoms with Crippen molar-refractivity contribution in [2.24, 2.45) is 0 Å². The summed E-state index contributed by atoms with van der Waals surface area (Å²) in [4.78, 5) is 16.1. The zero-order chi connectivity index (χ0) is 14.4. The number of carbonyl (C=O) groups excluding carboxylic acids is 1. The maximum atomic E-state index is 12.2. The number of rotatable bonds is 5. The number of hydrogen-bond acceptors (Lipinski definition) is 3. The minimum Gasteiger partial charge on any atom is -0.496 e. The first-order valence-electron chi connectivity index (χ1n) is 6.60. The molecular weight excluding hydrogens is 252 g/mol. The zero-order valence-electron chi connectivity index (χ0n) is 11.7. The molecule has 2 aromatic rings. The summed E-state index contributed by atoms with van der Waals surface area (Å²) in [5, 5.41) is 3.03. The number of amides is 1. The number of para-hydroxylation sites is 1. The van der Waals surface area contributed by atoms with Gasteiger partial charge >= 0.3 is 0 Å². The van der Waals surface area contributed by atoms with Gasteiger partial charge in [-0.1, -0.05) is 25.1 Å². The van der Waals surface area contributed by atoms with Crippen LogP contribution in [0, 0.1) is 0 Å². The Labute approximate surface area is 118 Å². The van der Waals surface area contributed by atoms with E-state index in [1.807, 2.05) is 31.2 Å². The molecule has 1 aromatic carbocycles. The van der Waals surface area contributed by atoms with Crippen LogP contribution in [0.2, 0.25) is 0 Å². The number of hydrogen-bond donors (Lipinski definition) is 1. The molecule has 4 heteroatoms. The number of aromatic nitrogens is 1. The van der Waals surface area contributed by atoms with Crippen LogP contribution in [0.15, 0.2) is 48.8 Å². The van der Waals surface area contributed by atoms with Crippen molar-refractivity contribution < 1.29 is 9.53 Å². The third kappa shape index (κ3) is 3.15. The Balaban J connectivity index is 2.19. The van der Waals surface area contributed by atoms with Gasteiger partial charge in [0.2, 0.25) is 0 Å². The molecule has 1 aromatic heterocycles. The van der Waals surface area contributed by atoms with Gasteiger partial charge in [-0.05, 0) is 24.6 Å². The van der Waals surface area contributed by atoms with E-state index in [-0.39, 0.29) is 11.9 Å². The molecule has 4 nitrogen and oxygen atoms in total. The highest BCUT2D eigenvalue weighted by atomic mass is 16.5. The Morgan fingerprint density at radius 3 is 2.60 bits per heavy atom. The first kappa shape index (κ1) is 14.1. The maximum Gasteiger partial charge on any atom is 0.251 e. The van der Waals surface area contributed by atoms with E-state index in [1.165, 1.54) is 0 Å². The smallest absolute Gasteiger partial charge is 0.251 e. The predicted molar refractivity (Wildman–Crippen MR) is 77.7 cm³/mol. The lowest BCUT2D eigenvalue weighted by Gasteiger charge is -2.19. The van der Waals surface area contributed by atoms with Crippen LogP contribution in [0.25, 0.3) is 0 Å². The number of benzene rings is 1. The fraction of sp³-hybridized carbons (Fsp3) is 0.250. The van der Waals surface area contributed by atoms with Gasteiger partial charge in [0.25, 0.3) is 5.91 Å². The highest BCUT2D eigenvalue weighted by molar-refractivity contribution is 5.94. The Kier molecular flexibility index (Phi) is 4.71. The summed E-state index contributed by atoms with van der Waals surface area (Å²) in [6, 6.07) is 11.1. The van der Waals surface area contributed by atoms with Crippen molar-refractivity contribution >= 4 is 5.91 Å². The maximum absolute atomic E-state index is 12.2. The summed E-state index contributed by atoms with van der Waals surface area (Å²) in [5.74, 6) is 0.680. The lowest BCUT2D eigenvalue weighted by atomic mass is 10.0. The van der Waals surface area contributed by atoms with Crippen LogP contribution in [0.3, 0.4) is 0 Å². The topological polar surface area (TPSA) is 51.2 Å². The molecule has 20 heavy (non-hydrogen) atoms. The summed E-state index contributed by atoms with van der Waals surface area (Å²) in [6.45, 7) is 2.03. The predicted octanol–water partition coefficient (Wildman–Crippen LogP) is 2.97. The van der Waals surface area contributed by atoms with Crippen LogP contribution in [0.4, 0.5) is 0 Å². The normalized spacial score (nSPS) is 11.7. The Bertz CT molecular complexity index is 570. The van der Waals surface area contributed by atoms with Gasteiger partial charge in [0.05, 0.1) is 13.2 Å². The molecule has 1 N–H and O–H groups in total. The number of pyridine rings is 1. The molecule has 0 aliphatic rings. The number of nitrogens with one attached hydrogen (secondary N) is 1. The van der Waals surface area contributed by atoms with Crippen molar-refractivity contribution in [3.63, 3.8) is 0 Å². The summed E-state index contributed by atoms with van der Waals surface area (Å²) in [5.41, 5.74) is 1.59. The third-order valence-corrected chi connectivity index (χ3v) is 3.17. The quantitative estimate of drug-likeness (QED) is 0.908. The van der Waals surface area contributed by atoms with Crippen LogP contribution in [-0.2, 0) is 0 Å². The van der Waals surface area contributed by atoms with Crippen molar-refractivity contribution in [1.82, 2.24) is 10.3 Å². The Morgan fingerprint density at radius 2 is 1.95 bits per heavy atom. The second kappa shape index (κ2) is 6.70. The number of methoxy groups -OCH3 is 1. The molecule has 2 rings (SSSR count). The number of nitrogens with zero attached hydrogens (tertiary/aromatic N) is 1. The third-order valence-electron chi connectivity index (χ3n) is 3.17. The minimum absolute atomic E-state index is 0.0770. The van der Waals surface area contributed by atoms with E-state index in [0.29, 0.717) is 5.56 Å². The van der Waals surface area contributed by atoms with Gasteiger partial charge in [-0.15, -0.1) is 0 Å². The monoisotopic (exact) mass is 270 g/mol. The molecule has 0 aliphatic carbocycles. The van der Waals surface area contributed by atoms with Gasteiger partial charge in [-0.3, -0.25) is 9.78 Å². The molecule has 0 bridgehead atoms. The van der Waals surface area contributed by atoms with E-state index in [2.05, 4.69) is 10.3 Å². The standard InChI is InChI=1S/C16H18N2O2/c1-3-14(13-6-4-5-7-15(13)20-2)18-16(19)12-8-10-17-11-9-12/h4-11,14H,3H2,1-2H3,(H,18,19)/t14-/m1/s1. The van der Waals surface area contributed by atoms with E-state index >= 15 is 0 Å². The fourth-order valence-electron chi connectivity index (χ4n) is 2.10. The van der Waals surface area contributed by atoms with E-state index in [0.717, 1.165) is 17.7 Å². The second-order valence-corrected chi connectivity index (χ2v) is 4.41. The van der Waals surface area contributed by atoms with E-state index in [4.69, 9.17) is 4.74 Å². The molecule has 1 atom stereocenters. The second-order valence-electron chi connectivity index (χ2n) is 4.41. The zero-order valence-corrected chi connectivity index (χ0v) is 11.7. The molecule has 0 spiro atoms. The first-order valence-corrected chi connectivity index (χ1v) is 6.60. The van der Waals surface area contributed by atoms with Crippen LogP contribution in [0.5, 0.6) is 5.75 Å². The Morgan fingerprint density at radius 1 is 1.25 bits per heavy atom. The molecular formula is C16H18N2O2. The number of carbonyl (C=O) groups is 1. The van der Waals surface area contributed by atoms with E-state index in [1.54, 1.807) is 31.6 Å². The largest absolute Gasteiger partial charge is 0.496 e. The highest BCUT2D eigenvalue weighted by Crippen LogP contribution is 2.26. The van der Waals surface area contributed by atoms with Gasteiger partial charge in [0.15, 0.2) is 0 Å². The molecule has 0 saturated carbocycles. The van der Waals surface area contributed by atoms with Gasteiger partial charge in [0.1, 0.15) is 5.75 Å². The molecule has 0 saturated heterocycles. The van der Waals surface area contributed by atoms with Gasteiger partial charge in [0, 0.05) is 23.5 Å². The highest BCUT2D eigenvalue weighted by Gasteiger charge is 2.17. The average Bonchev–Trinajstić information content (AvgIpc) is 2.53. The molecule has 0 fully saturated rings. The summed E-state index contributed by atoms with van der Waals surface area (Å²) in [7, 11) is 1.64. The first-order chi connectivity index (χ1) is 9.76. The average molecular weight is 270 g/mol. The lowest BCUT2D eigenvalue weighted by molar-refractivity contribution is 0.0935.